The third-order valence-electron chi connectivity index (χ3n) is 13.9. The van der Waals surface area contributed by atoms with Gasteiger partial charge in [-0.3, -0.25) is 9.55 Å². The minimum Gasteiger partial charge on any atom is -0.507 e. The van der Waals surface area contributed by atoms with Gasteiger partial charge in [-0.25, -0.2) is 4.98 Å². The van der Waals surface area contributed by atoms with Crippen LogP contribution in [0.1, 0.15) is 130 Å². The van der Waals surface area contributed by atoms with Gasteiger partial charge in [-0.2, -0.15) is 0 Å². The first kappa shape index (κ1) is 51.0. The number of phenols is 1. The number of aromatic nitrogens is 3. The molecule has 71 heavy (non-hydrogen) atoms. The van der Waals surface area contributed by atoms with E-state index in [1.54, 1.807) is 0 Å². The Balaban J connectivity index is 0.00000676. The summed E-state index contributed by atoms with van der Waals surface area (Å²) < 4.78 is 2.30. The molecule has 0 saturated heterocycles. The van der Waals surface area contributed by atoms with Gasteiger partial charge in [0, 0.05) is 38.5 Å². The van der Waals surface area contributed by atoms with E-state index < -0.39 is 0 Å². The number of hydrogen-bond acceptors (Lipinski definition) is 3. The first-order valence-electron chi connectivity index (χ1n) is 25.0. The second kappa shape index (κ2) is 19.7. The first-order chi connectivity index (χ1) is 33.2. The number of fused-ring (bicyclic) bond motifs is 1. The second-order valence-electron chi connectivity index (χ2n) is 22.9. The van der Waals surface area contributed by atoms with Crippen molar-refractivity contribution in [2.75, 3.05) is 0 Å². The normalized spacial score (nSPS) is 12.2. The van der Waals surface area contributed by atoms with Gasteiger partial charge in [0.1, 0.15) is 11.6 Å². The van der Waals surface area contributed by atoms with Crippen molar-refractivity contribution in [1.82, 2.24) is 14.5 Å². The molecule has 0 aliphatic carbocycles. The number of imidazole rings is 1. The molecule has 9 rings (SSSR count). The van der Waals surface area contributed by atoms with Crippen molar-refractivity contribution in [3.05, 3.63) is 192 Å². The fourth-order valence-electron chi connectivity index (χ4n) is 9.47. The molecule has 0 unspecified atom stereocenters. The average Bonchev–Trinajstić information content (AvgIpc) is 3.72. The van der Waals surface area contributed by atoms with Crippen LogP contribution in [0.3, 0.4) is 0 Å². The Morgan fingerprint density at radius 2 is 1.08 bits per heavy atom. The Labute approximate surface area is 437 Å². The van der Waals surface area contributed by atoms with Gasteiger partial charge in [-0.1, -0.05) is 210 Å². The van der Waals surface area contributed by atoms with E-state index in [9.17, 15) is 5.11 Å². The van der Waals surface area contributed by atoms with E-state index in [0.29, 0.717) is 5.82 Å². The maximum absolute atomic E-state index is 12.4. The van der Waals surface area contributed by atoms with Crippen LogP contribution in [0.5, 0.6) is 5.75 Å². The van der Waals surface area contributed by atoms with Gasteiger partial charge in [0.25, 0.3) is 0 Å². The molecule has 0 aliphatic rings. The maximum Gasteiger partial charge on any atom is 0.148 e. The largest absolute Gasteiger partial charge is 0.507 e. The number of rotatable bonds is 9. The van der Waals surface area contributed by atoms with Crippen molar-refractivity contribution in [2.24, 2.45) is 0 Å². The summed E-state index contributed by atoms with van der Waals surface area (Å²) in [5.74, 6) is 1.30. The van der Waals surface area contributed by atoms with Gasteiger partial charge in [-0.15, -0.1) is 29.3 Å². The van der Waals surface area contributed by atoms with Gasteiger partial charge in [0.15, 0.2) is 0 Å². The molecule has 0 spiro atoms. The fourth-order valence-corrected chi connectivity index (χ4v) is 9.47. The number of aromatic hydroxyl groups is 1. The molecule has 364 valence electrons. The molecule has 1 N–H and O–H groups in total. The molecule has 5 heteroatoms. The number of phenolic OH excluding ortho intramolecular Hbond substituents is 1. The van der Waals surface area contributed by atoms with Crippen LogP contribution in [-0.2, 0) is 37.3 Å². The van der Waals surface area contributed by atoms with Gasteiger partial charge in [-0.05, 0) is 108 Å². The SMILES string of the molecule is CC(C)c1cc(-c2nc3c(-c4[c-]c(-c5cc(-c6ccc(-c7ccccc7)cc6)ccn5)cc(C(C)(C)C)c4)cccc3n2-c2ccc(C(C)(C)C)cc2-c2ccc(C(C)(C)C)cc2)c(O)c(C(C)C)c1.[Pt]. The summed E-state index contributed by atoms with van der Waals surface area (Å²) in [7, 11) is 0. The minimum absolute atomic E-state index is 0. The molecule has 4 nitrogen and oxygen atoms in total. The summed E-state index contributed by atoms with van der Waals surface area (Å²) in [6.45, 7) is 29.1. The second-order valence-corrected chi connectivity index (χ2v) is 22.9. The summed E-state index contributed by atoms with van der Waals surface area (Å²) in [4.78, 5) is 10.7. The van der Waals surface area contributed by atoms with E-state index in [1.807, 2.05) is 6.20 Å². The van der Waals surface area contributed by atoms with Crippen LogP contribution in [0.2, 0.25) is 0 Å². The number of benzene rings is 7. The molecule has 0 saturated carbocycles. The van der Waals surface area contributed by atoms with Crippen LogP contribution < -0.4 is 0 Å². The molecule has 0 aliphatic heterocycles. The number of nitrogens with zero attached hydrogens (tertiary/aromatic N) is 3. The van der Waals surface area contributed by atoms with Crippen LogP contribution in [-0.4, -0.2) is 19.6 Å². The zero-order valence-electron chi connectivity index (χ0n) is 43.8. The molecule has 0 atom stereocenters. The number of hydrogen-bond donors (Lipinski definition) is 1. The van der Waals surface area contributed by atoms with Gasteiger partial charge in [0.05, 0.1) is 22.3 Å². The Hall–Kier alpha value is -6.35. The first-order valence-corrected chi connectivity index (χ1v) is 25.0. The maximum atomic E-state index is 12.4. The monoisotopic (exact) mass is 1110 g/mol. The van der Waals surface area contributed by atoms with E-state index in [2.05, 4.69) is 252 Å². The third kappa shape index (κ3) is 10.4. The standard InChI is InChI=1S/C66H68N3O.Pt/c1-41(2)48-37-55(42(3)4)62(70)57(38-48)63-68-61-54(20-17-21-60(61)69(63)59-31-30-52(65(8,9)10)40-56(59)46-26-28-51(29-27-46)64(5,6)7)49-34-50(36-53(35-49)66(11,12)13)58-39-47(32-33-67-58)45-24-22-44(23-25-45)43-18-15-14-16-19-43;/h14-33,35-42,70H,1-13H3;/q-1;. The van der Waals surface area contributed by atoms with Crippen molar-refractivity contribution >= 4 is 11.0 Å². The summed E-state index contributed by atoms with van der Waals surface area (Å²) in [5.41, 5.74) is 19.5. The smallest absolute Gasteiger partial charge is 0.148 e. The minimum atomic E-state index is -0.176. The molecule has 0 amide bonds. The molecular weight excluding hydrogens is 1050 g/mol. The van der Waals surface area contributed by atoms with Gasteiger partial charge in [0.2, 0.25) is 0 Å². The van der Waals surface area contributed by atoms with Crippen LogP contribution in [0.4, 0.5) is 0 Å². The quantitative estimate of drug-likeness (QED) is 0.147. The van der Waals surface area contributed by atoms with Crippen LogP contribution in [0.15, 0.2) is 158 Å². The molecule has 0 radical (unpaired) electrons. The van der Waals surface area contributed by atoms with E-state index in [-0.39, 0.29) is 54.9 Å². The molecule has 0 bridgehead atoms. The van der Waals surface area contributed by atoms with Crippen molar-refractivity contribution < 1.29 is 26.2 Å². The van der Waals surface area contributed by atoms with Crippen molar-refractivity contribution in [3.63, 3.8) is 0 Å². The van der Waals surface area contributed by atoms with Gasteiger partial charge < -0.3 is 5.11 Å². The Morgan fingerprint density at radius 3 is 1.70 bits per heavy atom. The summed E-state index contributed by atoms with van der Waals surface area (Å²) in [5, 5.41) is 12.4. The van der Waals surface area contributed by atoms with Crippen LogP contribution in [0.25, 0.3) is 83.9 Å². The molecule has 2 aromatic heterocycles. The molecule has 7 aromatic carbocycles. The van der Waals surface area contributed by atoms with Crippen LogP contribution >= 0.6 is 0 Å². The van der Waals surface area contributed by atoms with Crippen LogP contribution in [0, 0.1) is 6.07 Å². The van der Waals surface area contributed by atoms with E-state index in [4.69, 9.17) is 9.97 Å². The predicted molar refractivity (Wildman–Crippen MR) is 296 cm³/mol. The Bertz CT molecular complexity index is 3360. The zero-order chi connectivity index (χ0) is 49.9. The molecule has 0 fully saturated rings. The van der Waals surface area contributed by atoms with Crippen molar-refractivity contribution in [3.8, 4) is 78.6 Å². The predicted octanol–water partition coefficient (Wildman–Crippen LogP) is 18.1. The van der Waals surface area contributed by atoms with Crippen molar-refractivity contribution in [1.29, 1.82) is 0 Å². The molecule has 9 aromatic rings. The molecule has 2 heterocycles. The zero-order valence-corrected chi connectivity index (χ0v) is 46.0. The van der Waals surface area contributed by atoms with E-state index in [1.165, 1.54) is 27.8 Å². The fraction of sp³-hybridized carbons (Fsp3) is 0.273. The topological polar surface area (TPSA) is 50.9 Å². The van der Waals surface area contributed by atoms with Gasteiger partial charge >= 0.3 is 0 Å². The summed E-state index contributed by atoms with van der Waals surface area (Å²) in [6.07, 6.45) is 1.91. The average molecular weight is 1110 g/mol. The third-order valence-corrected chi connectivity index (χ3v) is 13.9. The molecular formula is C66H68N3OPt-. The van der Waals surface area contributed by atoms with E-state index in [0.717, 1.165) is 78.0 Å². The van der Waals surface area contributed by atoms with Crippen molar-refractivity contribution in [2.45, 2.75) is 118 Å². The Kier molecular flexibility index (Phi) is 14.1. The Morgan fingerprint density at radius 1 is 0.493 bits per heavy atom. The summed E-state index contributed by atoms with van der Waals surface area (Å²) in [6, 6.07) is 58.7. The number of pyridine rings is 1. The number of para-hydroxylation sites is 1. The summed E-state index contributed by atoms with van der Waals surface area (Å²) >= 11 is 0. The van der Waals surface area contributed by atoms with E-state index >= 15 is 0 Å².